The van der Waals surface area contributed by atoms with E-state index in [0.717, 1.165) is 12.1 Å². The van der Waals surface area contributed by atoms with Crippen molar-refractivity contribution in [1.29, 1.82) is 0 Å². The van der Waals surface area contributed by atoms with E-state index < -0.39 is 48.2 Å². The van der Waals surface area contributed by atoms with Gasteiger partial charge in [-0.05, 0) is 53.8 Å². The lowest BCUT2D eigenvalue weighted by molar-refractivity contribution is -0.159. The Balaban J connectivity index is 1.77. The van der Waals surface area contributed by atoms with Crippen LogP contribution in [-0.2, 0) is 9.54 Å². The number of alkyl halides is 6. The second-order valence-corrected chi connectivity index (χ2v) is 10.5. The average Bonchev–Trinajstić information content (AvgIpc) is 3.26. The number of hydrogen-bond donors (Lipinski definition) is 1. The number of nitrogens with zero attached hydrogens (tertiary/aromatic N) is 1. The largest absolute Gasteiger partial charge is 0.409 e. The Morgan fingerprint density at radius 2 is 1.65 bits per heavy atom. The molecular formula is C23H17Cl3F6N2O2S. The highest BCUT2D eigenvalue weighted by molar-refractivity contribution is 7.99. The number of carbonyl (C=O) groups is 2. The first-order valence-corrected chi connectivity index (χ1v) is 12.4. The molecule has 1 atom stereocenters. The van der Waals surface area contributed by atoms with Crippen molar-refractivity contribution >= 4 is 64.2 Å². The van der Waals surface area contributed by atoms with Crippen molar-refractivity contribution in [2.45, 2.75) is 43.3 Å². The van der Waals surface area contributed by atoms with Gasteiger partial charge in [-0.25, -0.2) is 4.40 Å². The maximum absolute atomic E-state index is 14.3. The van der Waals surface area contributed by atoms with Crippen LogP contribution in [-0.4, -0.2) is 36.3 Å². The molecule has 14 heteroatoms. The molecule has 2 aromatic rings. The number of hydrogen-bond acceptors (Lipinski definition) is 4. The van der Waals surface area contributed by atoms with E-state index in [1.807, 2.05) is 0 Å². The monoisotopic (exact) mass is 604 g/mol. The van der Waals surface area contributed by atoms with E-state index in [2.05, 4.69) is 4.40 Å². The highest BCUT2D eigenvalue weighted by atomic mass is 35.5. The van der Waals surface area contributed by atoms with Crippen LogP contribution >= 0.6 is 46.8 Å². The second kappa shape index (κ2) is 11.0. The van der Waals surface area contributed by atoms with Crippen LogP contribution in [0.2, 0.25) is 15.1 Å². The molecule has 0 aromatic heterocycles. The van der Waals surface area contributed by atoms with Crippen molar-refractivity contribution < 1.29 is 35.9 Å². The van der Waals surface area contributed by atoms with Gasteiger partial charge < -0.3 is 5.32 Å². The lowest BCUT2D eigenvalue weighted by atomic mass is 9.88. The molecule has 3 rings (SSSR count). The number of Topliss-reactive ketones (excluding diaryl/α,β-unsaturated/α-hetero) is 1. The number of rotatable bonds is 7. The Bertz CT molecular complexity index is 1240. The minimum absolute atomic E-state index is 0.0674. The fourth-order valence-corrected chi connectivity index (χ4v) is 5.21. The van der Waals surface area contributed by atoms with Crippen molar-refractivity contribution in [3.05, 3.63) is 67.7 Å². The highest BCUT2D eigenvalue weighted by Gasteiger charge is 2.60. The van der Waals surface area contributed by atoms with Gasteiger partial charge in [0.25, 0.3) is 0 Å². The van der Waals surface area contributed by atoms with Gasteiger partial charge in [-0.2, -0.15) is 26.3 Å². The molecule has 200 valence electrons. The Kier molecular flexibility index (Phi) is 8.83. The lowest BCUT2D eigenvalue weighted by Gasteiger charge is -2.30. The Morgan fingerprint density at radius 1 is 1.03 bits per heavy atom. The summed E-state index contributed by atoms with van der Waals surface area (Å²) in [5.74, 6) is -1.42. The maximum Gasteiger partial charge on any atom is 0.409 e. The molecule has 1 N–H and O–H groups in total. The molecule has 37 heavy (non-hydrogen) atoms. The summed E-state index contributed by atoms with van der Waals surface area (Å²) in [7, 11) is 0. The summed E-state index contributed by atoms with van der Waals surface area (Å²) in [5.41, 5.74) is 0.861. The van der Waals surface area contributed by atoms with Crippen molar-refractivity contribution in [2.75, 3.05) is 6.54 Å². The summed E-state index contributed by atoms with van der Waals surface area (Å²) < 4.78 is 81.1. The first-order chi connectivity index (χ1) is 17.0. The van der Waals surface area contributed by atoms with Crippen molar-refractivity contribution in [3.8, 4) is 0 Å². The van der Waals surface area contributed by atoms with E-state index in [1.54, 1.807) is 12.2 Å². The van der Waals surface area contributed by atoms with E-state index in [0.29, 0.717) is 23.1 Å². The fraction of sp³-hybridized carbons (Fsp3) is 0.348. The van der Waals surface area contributed by atoms with E-state index in [1.165, 1.54) is 18.2 Å². The third kappa shape index (κ3) is 6.74. The van der Waals surface area contributed by atoms with Gasteiger partial charge in [-0.15, -0.1) is 0 Å². The molecule has 4 nitrogen and oxygen atoms in total. The fourth-order valence-electron chi connectivity index (χ4n) is 3.65. The summed E-state index contributed by atoms with van der Waals surface area (Å²) >= 11 is 18.2. The van der Waals surface area contributed by atoms with Gasteiger partial charge in [0.2, 0.25) is 5.91 Å². The smallest absolute Gasteiger partial charge is 0.347 e. The topological polar surface area (TPSA) is 58.5 Å². The van der Waals surface area contributed by atoms with Crippen LogP contribution in [0.25, 0.3) is 0 Å². The summed E-state index contributed by atoms with van der Waals surface area (Å²) in [5, 5.41) is 1.35. The average molecular weight is 606 g/mol. The zero-order valence-electron chi connectivity index (χ0n) is 18.8. The van der Waals surface area contributed by atoms with Crippen LogP contribution in [0, 0.1) is 6.92 Å². The van der Waals surface area contributed by atoms with Crippen LogP contribution in [0.3, 0.4) is 0 Å². The zero-order valence-corrected chi connectivity index (χ0v) is 21.9. The number of ketones is 1. The van der Waals surface area contributed by atoms with Gasteiger partial charge in [0.15, 0.2) is 10.5 Å². The predicted molar refractivity (Wildman–Crippen MR) is 132 cm³/mol. The van der Waals surface area contributed by atoms with Crippen molar-refractivity contribution in [2.24, 2.45) is 4.40 Å². The second-order valence-electron chi connectivity index (χ2n) is 8.23. The van der Waals surface area contributed by atoms with Gasteiger partial charge in [0.1, 0.15) is 6.54 Å². The molecule has 0 aliphatic carbocycles. The van der Waals surface area contributed by atoms with E-state index >= 15 is 0 Å². The lowest BCUT2D eigenvalue weighted by Crippen LogP contribution is -2.38. The third-order valence-electron chi connectivity index (χ3n) is 5.56. The standard InChI is InChI=1S/C23H17Cl3F6N2O2S/c1-11-6-12(2-3-14(11)18(35)4-5-19(36)33-10-22(27,28)29)17-9-21(37-34-17,23(30,31)32)13-7-15(24)20(26)16(25)8-13/h2-3,6-8H,4-5,9-10H2,1H3,(H,33,36). The molecule has 0 bridgehead atoms. The molecule has 1 unspecified atom stereocenters. The van der Waals surface area contributed by atoms with E-state index in [9.17, 15) is 35.9 Å². The molecule has 1 heterocycles. The van der Waals surface area contributed by atoms with Crippen LogP contribution in [0.1, 0.15) is 46.3 Å². The molecule has 0 saturated carbocycles. The summed E-state index contributed by atoms with van der Waals surface area (Å²) in [6.45, 7) is 0.0561. The summed E-state index contributed by atoms with van der Waals surface area (Å²) in [4.78, 5) is 24.1. The summed E-state index contributed by atoms with van der Waals surface area (Å²) in [6.07, 6.45) is -10.6. The quantitative estimate of drug-likeness (QED) is 0.151. The molecule has 2 aromatic carbocycles. The van der Waals surface area contributed by atoms with Crippen LogP contribution in [0.5, 0.6) is 0 Å². The molecule has 0 spiro atoms. The van der Waals surface area contributed by atoms with Crippen molar-refractivity contribution in [1.82, 2.24) is 5.32 Å². The number of halogens is 9. The van der Waals surface area contributed by atoms with E-state index in [-0.39, 0.29) is 38.3 Å². The maximum atomic E-state index is 14.3. The third-order valence-corrected chi connectivity index (χ3v) is 7.99. The van der Waals surface area contributed by atoms with Gasteiger partial charge in [0, 0.05) is 24.8 Å². The number of amides is 1. The number of nitrogens with one attached hydrogen (secondary N) is 1. The zero-order chi connectivity index (χ0) is 27.8. The number of benzene rings is 2. The van der Waals surface area contributed by atoms with E-state index in [4.69, 9.17) is 34.8 Å². The van der Waals surface area contributed by atoms with Crippen LogP contribution in [0.4, 0.5) is 26.3 Å². The minimum Gasteiger partial charge on any atom is -0.347 e. The molecule has 0 saturated heterocycles. The van der Waals surface area contributed by atoms with Crippen molar-refractivity contribution in [3.63, 3.8) is 0 Å². The Labute approximate surface area is 226 Å². The molecule has 1 aliphatic rings. The van der Waals surface area contributed by atoms with Gasteiger partial charge in [-0.1, -0.05) is 46.9 Å². The normalized spacial score (nSPS) is 18.1. The predicted octanol–water partition coefficient (Wildman–Crippen LogP) is 7.90. The SMILES string of the molecule is Cc1cc(C2=NSC(c3cc(Cl)c(Cl)c(Cl)c3)(C(F)(F)F)C2)ccc1C(=O)CCC(=O)NCC(F)(F)F. The van der Waals surface area contributed by atoms with Gasteiger partial charge >= 0.3 is 12.4 Å². The molecule has 1 aliphatic heterocycles. The minimum atomic E-state index is -4.74. The van der Waals surface area contributed by atoms with Gasteiger partial charge in [0.05, 0.1) is 20.8 Å². The van der Waals surface area contributed by atoms with Gasteiger partial charge in [-0.3, -0.25) is 9.59 Å². The number of carbonyl (C=O) groups excluding carboxylic acids is 2. The highest BCUT2D eigenvalue weighted by Crippen LogP contribution is 2.57. The first kappa shape index (κ1) is 29.6. The number of aryl methyl sites for hydroxylation is 1. The first-order valence-electron chi connectivity index (χ1n) is 10.5. The summed E-state index contributed by atoms with van der Waals surface area (Å²) in [6, 6.07) is 6.51. The molecule has 0 radical (unpaired) electrons. The molecular weight excluding hydrogens is 589 g/mol. The molecule has 1 amide bonds. The molecule has 0 fully saturated rings. The van der Waals surface area contributed by atoms with Crippen LogP contribution in [0.15, 0.2) is 34.7 Å². The van der Waals surface area contributed by atoms with Crippen LogP contribution < -0.4 is 5.32 Å². The Morgan fingerprint density at radius 3 is 2.19 bits per heavy atom. The Hall–Kier alpha value is -1.95.